The minimum Gasteiger partial charge on any atom is -0.507 e. The molecular formula is C11H14ClNO3. The number of phenols is 1. The third-order valence-corrected chi connectivity index (χ3v) is 3.16. The Balaban J connectivity index is 0.000000963. The summed E-state index contributed by atoms with van der Waals surface area (Å²) in [4.78, 5) is 0. The van der Waals surface area contributed by atoms with Crippen LogP contribution < -0.4 is 10.1 Å². The van der Waals surface area contributed by atoms with Crippen molar-refractivity contribution in [3.8, 4) is 11.5 Å². The number of phenolic OH excluding ortho intramolecular Hbond substituents is 1. The molecule has 1 aromatic rings. The molecule has 88 valence electrons. The van der Waals surface area contributed by atoms with Crippen LogP contribution in [-0.4, -0.2) is 28.9 Å². The van der Waals surface area contributed by atoms with Crippen molar-refractivity contribution in [3.63, 3.8) is 0 Å². The highest BCUT2D eigenvalue weighted by molar-refractivity contribution is 5.85. The van der Waals surface area contributed by atoms with E-state index in [1.54, 1.807) is 18.2 Å². The molecule has 0 bridgehead atoms. The minimum atomic E-state index is -0.628. The lowest BCUT2D eigenvalue weighted by molar-refractivity contribution is -0.0490. The number of hydrogen-bond donors (Lipinski definition) is 3. The molecule has 2 aliphatic rings. The number of benzene rings is 1. The van der Waals surface area contributed by atoms with Crippen molar-refractivity contribution >= 4 is 12.4 Å². The molecule has 0 aromatic heterocycles. The van der Waals surface area contributed by atoms with E-state index in [1.807, 2.05) is 0 Å². The third kappa shape index (κ3) is 1.54. The van der Waals surface area contributed by atoms with Crippen LogP contribution in [0.15, 0.2) is 18.2 Å². The second kappa shape index (κ2) is 3.80. The van der Waals surface area contributed by atoms with Crippen molar-refractivity contribution in [3.05, 3.63) is 23.8 Å². The zero-order valence-electron chi connectivity index (χ0n) is 8.64. The van der Waals surface area contributed by atoms with Gasteiger partial charge in [-0.25, -0.2) is 0 Å². The number of rotatable bonds is 0. The van der Waals surface area contributed by atoms with E-state index in [4.69, 9.17) is 4.74 Å². The van der Waals surface area contributed by atoms with E-state index in [2.05, 4.69) is 5.32 Å². The standard InChI is InChI=1S/C11H13NO3.ClH/c13-7-2-1-3-9-10(7)8(14)4-11(15-9)5-12-6-11;/h1-3,8,12-14H,4-6H2;1H. The summed E-state index contributed by atoms with van der Waals surface area (Å²) in [5.74, 6) is 0.720. The second-order valence-corrected chi connectivity index (χ2v) is 4.30. The van der Waals surface area contributed by atoms with Crippen molar-refractivity contribution in [2.24, 2.45) is 0 Å². The molecule has 5 heteroatoms. The van der Waals surface area contributed by atoms with E-state index in [9.17, 15) is 10.2 Å². The van der Waals surface area contributed by atoms with Crippen LogP contribution >= 0.6 is 12.4 Å². The maximum Gasteiger partial charge on any atom is 0.136 e. The molecular weight excluding hydrogens is 230 g/mol. The summed E-state index contributed by atoms with van der Waals surface area (Å²) in [6, 6.07) is 5.09. The molecule has 1 spiro atoms. The molecule has 0 amide bonds. The van der Waals surface area contributed by atoms with Gasteiger partial charge in [0.1, 0.15) is 17.1 Å². The van der Waals surface area contributed by atoms with Gasteiger partial charge in [0.25, 0.3) is 0 Å². The molecule has 1 aromatic carbocycles. The highest BCUT2D eigenvalue weighted by Gasteiger charge is 2.46. The van der Waals surface area contributed by atoms with E-state index >= 15 is 0 Å². The fraction of sp³-hybridized carbons (Fsp3) is 0.455. The van der Waals surface area contributed by atoms with Gasteiger partial charge in [-0.15, -0.1) is 12.4 Å². The second-order valence-electron chi connectivity index (χ2n) is 4.30. The molecule has 1 atom stereocenters. The summed E-state index contributed by atoms with van der Waals surface area (Å²) in [5, 5.41) is 22.7. The third-order valence-electron chi connectivity index (χ3n) is 3.16. The summed E-state index contributed by atoms with van der Waals surface area (Å²) >= 11 is 0. The zero-order valence-corrected chi connectivity index (χ0v) is 9.46. The van der Waals surface area contributed by atoms with Crippen LogP contribution in [0, 0.1) is 0 Å². The fourth-order valence-electron chi connectivity index (χ4n) is 2.31. The van der Waals surface area contributed by atoms with E-state index in [-0.39, 0.29) is 23.8 Å². The molecule has 0 aliphatic carbocycles. The van der Waals surface area contributed by atoms with Crippen LogP contribution in [0.4, 0.5) is 0 Å². The predicted molar refractivity (Wildman–Crippen MR) is 61.2 cm³/mol. The van der Waals surface area contributed by atoms with Crippen molar-refractivity contribution in [2.75, 3.05) is 13.1 Å². The lowest BCUT2D eigenvalue weighted by Crippen LogP contribution is -2.64. The Morgan fingerprint density at radius 3 is 2.75 bits per heavy atom. The molecule has 2 heterocycles. The topological polar surface area (TPSA) is 61.7 Å². The average molecular weight is 244 g/mol. The Bertz CT molecular complexity index is 406. The van der Waals surface area contributed by atoms with Crippen molar-refractivity contribution < 1.29 is 14.9 Å². The predicted octanol–water partition coefficient (Wildman–Crippen LogP) is 0.972. The van der Waals surface area contributed by atoms with Gasteiger partial charge in [0.2, 0.25) is 0 Å². The number of fused-ring (bicyclic) bond motifs is 1. The van der Waals surface area contributed by atoms with Gasteiger partial charge in [-0.1, -0.05) is 6.07 Å². The molecule has 2 aliphatic heterocycles. The van der Waals surface area contributed by atoms with Crippen molar-refractivity contribution in [2.45, 2.75) is 18.1 Å². The maximum atomic E-state index is 9.98. The van der Waals surface area contributed by atoms with Crippen LogP contribution in [0.3, 0.4) is 0 Å². The number of aromatic hydroxyl groups is 1. The first-order chi connectivity index (χ1) is 7.20. The lowest BCUT2D eigenvalue weighted by atomic mass is 9.84. The Morgan fingerprint density at radius 1 is 1.38 bits per heavy atom. The Kier molecular flexibility index (Phi) is 2.74. The first kappa shape index (κ1) is 11.5. The number of aliphatic hydroxyl groups is 1. The largest absolute Gasteiger partial charge is 0.507 e. The quantitative estimate of drug-likeness (QED) is 0.636. The number of ether oxygens (including phenoxy) is 1. The lowest BCUT2D eigenvalue weighted by Gasteiger charge is -2.47. The Morgan fingerprint density at radius 2 is 2.12 bits per heavy atom. The maximum absolute atomic E-state index is 9.98. The summed E-state index contributed by atoms with van der Waals surface area (Å²) < 4.78 is 5.82. The summed E-state index contributed by atoms with van der Waals surface area (Å²) in [7, 11) is 0. The molecule has 16 heavy (non-hydrogen) atoms. The minimum absolute atomic E-state index is 0. The van der Waals surface area contributed by atoms with Gasteiger partial charge in [0.05, 0.1) is 11.7 Å². The summed E-state index contributed by atoms with van der Waals surface area (Å²) in [5.41, 5.74) is 0.259. The average Bonchev–Trinajstić information content (AvgIpc) is 2.14. The molecule has 3 N–H and O–H groups in total. The van der Waals surface area contributed by atoms with Crippen LogP contribution in [0.2, 0.25) is 0 Å². The smallest absolute Gasteiger partial charge is 0.136 e. The van der Waals surface area contributed by atoms with Gasteiger partial charge in [-0.3, -0.25) is 0 Å². The summed E-state index contributed by atoms with van der Waals surface area (Å²) in [6.07, 6.45) is -0.0815. The zero-order chi connectivity index (χ0) is 10.5. The number of halogens is 1. The van der Waals surface area contributed by atoms with Gasteiger partial charge >= 0.3 is 0 Å². The van der Waals surface area contributed by atoms with Crippen LogP contribution in [0.25, 0.3) is 0 Å². The number of nitrogens with one attached hydrogen (secondary N) is 1. The highest BCUT2D eigenvalue weighted by atomic mass is 35.5. The van der Waals surface area contributed by atoms with Gasteiger partial charge in [0.15, 0.2) is 0 Å². The first-order valence-electron chi connectivity index (χ1n) is 5.10. The monoisotopic (exact) mass is 243 g/mol. The Hall–Kier alpha value is -0.970. The van der Waals surface area contributed by atoms with E-state index in [0.717, 1.165) is 13.1 Å². The normalized spacial score (nSPS) is 24.9. The highest BCUT2D eigenvalue weighted by Crippen LogP contribution is 2.44. The first-order valence-corrected chi connectivity index (χ1v) is 5.10. The van der Waals surface area contributed by atoms with Crippen LogP contribution in [0.5, 0.6) is 11.5 Å². The van der Waals surface area contributed by atoms with Gasteiger partial charge in [-0.05, 0) is 12.1 Å². The SMILES string of the molecule is Cl.Oc1cccc2c1C(O)CC1(CNC1)O2. The fourth-order valence-corrected chi connectivity index (χ4v) is 2.31. The molecule has 0 radical (unpaired) electrons. The van der Waals surface area contributed by atoms with Gasteiger partial charge in [0, 0.05) is 19.5 Å². The van der Waals surface area contributed by atoms with Crippen LogP contribution in [-0.2, 0) is 0 Å². The van der Waals surface area contributed by atoms with Gasteiger partial charge < -0.3 is 20.3 Å². The Labute approximate surface area is 99.6 Å². The molecule has 0 saturated carbocycles. The molecule has 3 rings (SSSR count). The molecule has 1 unspecified atom stereocenters. The summed E-state index contributed by atoms with van der Waals surface area (Å²) in [6.45, 7) is 1.53. The van der Waals surface area contributed by atoms with E-state index < -0.39 is 6.10 Å². The van der Waals surface area contributed by atoms with Crippen molar-refractivity contribution in [1.82, 2.24) is 5.32 Å². The number of hydrogen-bond acceptors (Lipinski definition) is 4. The van der Waals surface area contributed by atoms with Crippen molar-refractivity contribution in [1.29, 1.82) is 0 Å². The van der Waals surface area contributed by atoms with Gasteiger partial charge in [-0.2, -0.15) is 0 Å². The van der Waals surface area contributed by atoms with Crippen LogP contribution in [0.1, 0.15) is 18.1 Å². The molecule has 4 nitrogen and oxygen atoms in total. The molecule has 1 fully saturated rings. The van der Waals surface area contributed by atoms with E-state index in [0.29, 0.717) is 17.7 Å². The van der Waals surface area contributed by atoms with E-state index in [1.165, 1.54) is 0 Å². The molecule has 1 saturated heterocycles. The number of aliphatic hydroxyl groups excluding tert-OH is 1.